The van der Waals surface area contributed by atoms with E-state index >= 15 is 0 Å². The van der Waals surface area contributed by atoms with Crippen molar-refractivity contribution in [3.05, 3.63) is 54.1 Å². The minimum Gasteiger partial charge on any atom is -0.324 e. The summed E-state index contributed by atoms with van der Waals surface area (Å²) in [6, 6.07) is 5.95. The largest absolute Gasteiger partial charge is 0.324 e. The number of hydrogen-bond donors (Lipinski definition) is 1. The molecule has 1 N–H and O–H groups in total. The smallest absolute Gasteiger partial charge is 0.150 e. The molecule has 1 aliphatic heterocycles. The van der Waals surface area contributed by atoms with Crippen molar-refractivity contribution in [2.75, 3.05) is 25.0 Å². The summed E-state index contributed by atoms with van der Waals surface area (Å²) in [7, 11) is 0. The number of likely N-dealkylation sites (tertiary alicyclic amines) is 1. The Balaban J connectivity index is 1.33. The zero-order chi connectivity index (χ0) is 18.5. The maximum atomic E-state index is 4.82. The SMILES string of the molecule is Cc1cccc(Nc2cncc(C3CCN(C[C@H]4CC=CCC4)CC3)n2)n1. The first-order valence-corrected chi connectivity index (χ1v) is 10.2. The molecule has 0 spiro atoms. The van der Waals surface area contributed by atoms with Gasteiger partial charge in [-0.05, 0) is 70.2 Å². The highest BCUT2D eigenvalue weighted by Crippen LogP contribution is 2.29. The van der Waals surface area contributed by atoms with Crippen LogP contribution in [0.3, 0.4) is 0 Å². The number of anilines is 2. The van der Waals surface area contributed by atoms with Crippen LogP contribution in [0.15, 0.2) is 42.7 Å². The molecule has 2 aliphatic rings. The van der Waals surface area contributed by atoms with Gasteiger partial charge in [0.05, 0.1) is 11.9 Å². The van der Waals surface area contributed by atoms with E-state index in [0.29, 0.717) is 5.92 Å². The van der Waals surface area contributed by atoms with Crippen LogP contribution in [-0.2, 0) is 0 Å². The first kappa shape index (κ1) is 18.1. The molecule has 0 radical (unpaired) electrons. The van der Waals surface area contributed by atoms with Crippen molar-refractivity contribution in [2.24, 2.45) is 5.92 Å². The molecule has 0 aromatic carbocycles. The topological polar surface area (TPSA) is 53.9 Å². The molecule has 4 rings (SSSR count). The molecular formula is C22H29N5. The summed E-state index contributed by atoms with van der Waals surface area (Å²) >= 11 is 0. The molecule has 1 atom stereocenters. The first-order chi connectivity index (χ1) is 13.3. The summed E-state index contributed by atoms with van der Waals surface area (Å²) in [5.74, 6) is 2.95. The molecule has 5 heteroatoms. The minimum atomic E-state index is 0.507. The van der Waals surface area contributed by atoms with Gasteiger partial charge >= 0.3 is 0 Å². The zero-order valence-corrected chi connectivity index (χ0v) is 16.1. The van der Waals surface area contributed by atoms with Crippen LogP contribution in [0.5, 0.6) is 0 Å². The van der Waals surface area contributed by atoms with E-state index in [2.05, 4.69) is 32.3 Å². The van der Waals surface area contributed by atoms with Crippen molar-refractivity contribution in [3.63, 3.8) is 0 Å². The Bertz CT molecular complexity index is 780. The van der Waals surface area contributed by atoms with Gasteiger partial charge in [0.1, 0.15) is 11.6 Å². The summed E-state index contributed by atoms with van der Waals surface area (Å²) in [5, 5.41) is 3.29. The lowest BCUT2D eigenvalue weighted by Gasteiger charge is -2.34. The predicted molar refractivity (Wildman–Crippen MR) is 109 cm³/mol. The lowest BCUT2D eigenvalue weighted by atomic mass is 9.90. The average molecular weight is 364 g/mol. The lowest BCUT2D eigenvalue weighted by molar-refractivity contribution is 0.176. The van der Waals surface area contributed by atoms with Crippen molar-refractivity contribution in [1.29, 1.82) is 0 Å². The van der Waals surface area contributed by atoms with Gasteiger partial charge in [-0.1, -0.05) is 18.2 Å². The zero-order valence-electron chi connectivity index (χ0n) is 16.1. The Labute approximate surface area is 162 Å². The number of nitrogens with zero attached hydrogens (tertiary/aromatic N) is 4. The summed E-state index contributed by atoms with van der Waals surface area (Å²) < 4.78 is 0. The number of nitrogens with one attached hydrogen (secondary N) is 1. The second-order valence-corrected chi connectivity index (χ2v) is 7.84. The van der Waals surface area contributed by atoms with Crippen LogP contribution in [0.4, 0.5) is 11.6 Å². The Kier molecular flexibility index (Phi) is 5.78. The standard InChI is InChI=1S/C22H29N5/c1-17-6-5-9-21(24-17)26-22-15-23-14-20(25-22)19-10-12-27(13-11-19)16-18-7-3-2-4-8-18/h2-3,5-6,9,14-15,18-19H,4,7-8,10-13,16H2,1H3,(H,24,25,26)/t18-/m0/s1. The Morgan fingerprint density at radius 1 is 1.04 bits per heavy atom. The van der Waals surface area contributed by atoms with E-state index in [9.17, 15) is 0 Å². The second-order valence-electron chi connectivity index (χ2n) is 7.84. The van der Waals surface area contributed by atoms with Gasteiger partial charge in [-0.3, -0.25) is 4.98 Å². The fourth-order valence-corrected chi connectivity index (χ4v) is 4.18. The van der Waals surface area contributed by atoms with Crippen molar-refractivity contribution < 1.29 is 0 Å². The third-order valence-electron chi connectivity index (χ3n) is 5.70. The van der Waals surface area contributed by atoms with E-state index in [1.165, 1.54) is 51.7 Å². The number of aryl methyl sites for hydroxylation is 1. The van der Waals surface area contributed by atoms with Crippen LogP contribution in [0.25, 0.3) is 0 Å². The van der Waals surface area contributed by atoms with Crippen molar-refractivity contribution in [3.8, 4) is 0 Å². The molecule has 27 heavy (non-hydrogen) atoms. The highest BCUT2D eigenvalue weighted by Gasteiger charge is 2.24. The van der Waals surface area contributed by atoms with Crippen molar-refractivity contribution in [1.82, 2.24) is 19.9 Å². The van der Waals surface area contributed by atoms with E-state index in [1.54, 1.807) is 6.20 Å². The van der Waals surface area contributed by atoms with Crippen molar-refractivity contribution >= 4 is 11.6 Å². The molecule has 3 heterocycles. The Hall–Kier alpha value is -2.27. The van der Waals surface area contributed by atoms with Gasteiger partial charge in [0.25, 0.3) is 0 Å². The van der Waals surface area contributed by atoms with Gasteiger partial charge in [0.15, 0.2) is 0 Å². The van der Waals surface area contributed by atoms with E-state index < -0.39 is 0 Å². The van der Waals surface area contributed by atoms with E-state index in [0.717, 1.165) is 28.9 Å². The molecule has 2 aromatic heterocycles. The van der Waals surface area contributed by atoms with Crippen molar-refractivity contribution in [2.45, 2.75) is 44.9 Å². The third-order valence-corrected chi connectivity index (χ3v) is 5.70. The quantitative estimate of drug-likeness (QED) is 0.795. The Morgan fingerprint density at radius 2 is 1.93 bits per heavy atom. The molecule has 0 saturated carbocycles. The average Bonchev–Trinajstić information content (AvgIpc) is 2.70. The van der Waals surface area contributed by atoms with Gasteiger partial charge in [0.2, 0.25) is 0 Å². The molecule has 0 bridgehead atoms. The first-order valence-electron chi connectivity index (χ1n) is 10.2. The molecule has 0 unspecified atom stereocenters. The van der Waals surface area contributed by atoms with E-state index in [1.807, 2.05) is 31.3 Å². The molecule has 1 saturated heterocycles. The summed E-state index contributed by atoms with van der Waals surface area (Å²) in [6.07, 6.45) is 14.6. The van der Waals surface area contributed by atoms with Gasteiger partial charge in [-0.15, -0.1) is 0 Å². The number of allylic oxidation sites excluding steroid dienone is 2. The predicted octanol–water partition coefficient (Wildman–Crippen LogP) is 4.46. The highest BCUT2D eigenvalue weighted by atomic mass is 15.1. The number of hydrogen-bond acceptors (Lipinski definition) is 5. The van der Waals surface area contributed by atoms with Crippen LogP contribution in [0.2, 0.25) is 0 Å². The van der Waals surface area contributed by atoms with E-state index in [4.69, 9.17) is 4.98 Å². The van der Waals surface area contributed by atoms with E-state index in [-0.39, 0.29) is 0 Å². The normalized spacial score (nSPS) is 21.3. The van der Waals surface area contributed by atoms with Gasteiger partial charge in [0, 0.05) is 24.4 Å². The molecule has 1 aliphatic carbocycles. The third kappa shape index (κ3) is 4.92. The fraction of sp³-hybridized carbons (Fsp3) is 0.500. The van der Waals surface area contributed by atoms with Gasteiger partial charge in [-0.2, -0.15) is 0 Å². The maximum Gasteiger partial charge on any atom is 0.150 e. The second kappa shape index (κ2) is 8.61. The molecular weight excluding hydrogens is 334 g/mol. The molecule has 5 nitrogen and oxygen atoms in total. The van der Waals surface area contributed by atoms with Crippen LogP contribution < -0.4 is 5.32 Å². The van der Waals surface area contributed by atoms with Gasteiger partial charge < -0.3 is 10.2 Å². The van der Waals surface area contributed by atoms with Crippen LogP contribution >= 0.6 is 0 Å². The Morgan fingerprint density at radius 3 is 2.70 bits per heavy atom. The van der Waals surface area contributed by atoms with Crippen LogP contribution in [0, 0.1) is 12.8 Å². The molecule has 1 fully saturated rings. The summed E-state index contributed by atoms with van der Waals surface area (Å²) in [5.41, 5.74) is 2.10. The highest BCUT2D eigenvalue weighted by molar-refractivity contribution is 5.50. The van der Waals surface area contributed by atoms with Gasteiger partial charge in [-0.25, -0.2) is 9.97 Å². The number of rotatable bonds is 5. The molecule has 0 amide bonds. The summed E-state index contributed by atoms with van der Waals surface area (Å²) in [4.78, 5) is 16.4. The monoisotopic (exact) mass is 363 g/mol. The lowest BCUT2D eigenvalue weighted by Crippen LogP contribution is -2.37. The fourth-order valence-electron chi connectivity index (χ4n) is 4.18. The number of pyridine rings is 1. The summed E-state index contributed by atoms with van der Waals surface area (Å²) in [6.45, 7) is 5.58. The molecule has 2 aromatic rings. The maximum absolute atomic E-state index is 4.82. The van der Waals surface area contributed by atoms with Crippen LogP contribution in [0.1, 0.15) is 49.4 Å². The number of piperidine rings is 1. The minimum absolute atomic E-state index is 0.507. The van der Waals surface area contributed by atoms with Crippen LogP contribution in [-0.4, -0.2) is 39.5 Å². The number of aromatic nitrogens is 3. The molecule has 142 valence electrons.